The van der Waals surface area contributed by atoms with Gasteiger partial charge in [-0.05, 0) is 25.7 Å². The van der Waals surface area contributed by atoms with Crippen LogP contribution in [-0.2, 0) is 9.53 Å². The number of ether oxygens (including phenoxy) is 1. The van der Waals surface area contributed by atoms with Crippen molar-refractivity contribution in [1.29, 1.82) is 0 Å². The van der Waals surface area contributed by atoms with Gasteiger partial charge in [0.05, 0.1) is 12.5 Å². The molecule has 1 N–H and O–H groups in total. The highest BCUT2D eigenvalue weighted by Gasteiger charge is 2.19. The van der Waals surface area contributed by atoms with E-state index in [0.29, 0.717) is 4.43 Å². The van der Waals surface area contributed by atoms with Crippen LogP contribution in [0, 0.1) is 0 Å². The minimum absolute atomic E-state index is 0.109. The Morgan fingerprint density at radius 1 is 1.43 bits per heavy atom. The first-order valence-electron chi connectivity index (χ1n) is 5.16. The molecule has 0 radical (unpaired) electrons. The van der Waals surface area contributed by atoms with E-state index in [9.17, 15) is 9.90 Å². The molecule has 0 aromatic carbocycles. The zero-order valence-electron chi connectivity index (χ0n) is 8.25. The van der Waals surface area contributed by atoms with Crippen LogP contribution in [-0.4, -0.2) is 27.7 Å². The van der Waals surface area contributed by atoms with E-state index in [1.807, 2.05) is 0 Å². The fraction of sp³-hybridized carbons (Fsp3) is 0.900. The SMILES string of the molecule is O=C(CC(O)CI)OC1CCCCC1. The molecule has 1 unspecified atom stereocenters. The van der Waals surface area contributed by atoms with Crippen LogP contribution in [0.25, 0.3) is 0 Å². The molecule has 0 aromatic rings. The molecule has 1 rings (SSSR count). The Hall–Kier alpha value is 0.160. The van der Waals surface area contributed by atoms with Crippen molar-refractivity contribution in [2.24, 2.45) is 0 Å². The van der Waals surface area contributed by atoms with Crippen molar-refractivity contribution in [2.75, 3.05) is 4.43 Å². The lowest BCUT2D eigenvalue weighted by Gasteiger charge is -2.22. The maximum absolute atomic E-state index is 11.3. The highest BCUT2D eigenvalue weighted by atomic mass is 127. The van der Waals surface area contributed by atoms with Crippen molar-refractivity contribution in [2.45, 2.75) is 50.7 Å². The number of halogens is 1. The highest BCUT2D eigenvalue weighted by molar-refractivity contribution is 14.1. The summed E-state index contributed by atoms with van der Waals surface area (Å²) in [6.45, 7) is 0. The first-order valence-corrected chi connectivity index (χ1v) is 6.68. The summed E-state index contributed by atoms with van der Waals surface area (Å²) in [4.78, 5) is 11.3. The van der Waals surface area contributed by atoms with Gasteiger partial charge < -0.3 is 9.84 Å². The van der Waals surface area contributed by atoms with E-state index in [0.717, 1.165) is 25.7 Å². The van der Waals surface area contributed by atoms with Crippen LogP contribution < -0.4 is 0 Å². The third-order valence-electron chi connectivity index (χ3n) is 2.43. The molecule has 4 heteroatoms. The number of carbonyl (C=O) groups is 1. The minimum Gasteiger partial charge on any atom is -0.462 e. The predicted octanol–water partition coefficient (Wildman–Crippen LogP) is 2.05. The van der Waals surface area contributed by atoms with Crippen molar-refractivity contribution >= 4 is 28.6 Å². The summed E-state index contributed by atoms with van der Waals surface area (Å²) in [5.41, 5.74) is 0. The summed E-state index contributed by atoms with van der Waals surface area (Å²) in [5.74, 6) is -0.249. The summed E-state index contributed by atoms with van der Waals surface area (Å²) >= 11 is 2.06. The second-order valence-corrected chi connectivity index (χ2v) is 4.64. The molecule has 0 aliphatic heterocycles. The molecule has 1 aliphatic carbocycles. The number of aliphatic hydroxyl groups excluding tert-OH is 1. The van der Waals surface area contributed by atoms with Crippen LogP contribution in [0.4, 0.5) is 0 Å². The molecule has 0 amide bonds. The van der Waals surface area contributed by atoms with E-state index in [1.165, 1.54) is 6.42 Å². The van der Waals surface area contributed by atoms with Gasteiger partial charge in [-0.2, -0.15) is 0 Å². The number of hydrogen-bond donors (Lipinski definition) is 1. The van der Waals surface area contributed by atoms with E-state index in [2.05, 4.69) is 22.6 Å². The summed E-state index contributed by atoms with van der Waals surface area (Å²) in [6.07, 6.45) is 5.26. The molecule has 1 aliphatic rings. The van der Waals surface area contributed by atoms with E-state index in [-0.39, 0.29) is 18.5 Å². The molecule has 0 spiro atoms. The van der Waals surface area contributed by atoms with Gasteiger partial charge in [-0.3, -0.25) is 4.79 Å². The van der Waals surface area contributed by atoms with Crippen molar-refractivity contribution in [3.05, 3.63) is 0 Å². The van der Waals surface area contributed by atoms with Gasteiger partial charge in [0.1, 0.15) is 6.10 Å². The quantitative estimate of drug-likeness (QED) is 0.491. The Balaban J connectivity index is 2.18. The van der Waals surface area contributed by atoms with Crippen LogP contribution in [0.2, 0.25) is 0 Å². The van der Waals surface area contributed by atoms with Crippen LogP contribution in [0.1, 0.15) is 38.5 Å². The van der Waals surface area contributed by atoms with Crippen LogP contribution in [0.15, 0.2) is 0 Å². The molecular weight excluding hydrogens is 295 g/mol. The van der Waals surface area contributed by atoms with Crippen molar-refractivity contribution in [3.8, 4) is 0 Å². The van der Waals surface area contributed by atoms with Gasteiger partial charge in [-0.25, -0.2) is 0 Å². The standard InChI is InChI=1S/C10H17IO3/c11-7-8(12)6-10(13)14-9-4-2-1-3-5-9/h8-9,12H,1-7H2. The fourth-order valence-electron chi connectivity index (χ4n) is 1.66. The molecule has 3 nitrogen and oxygen atoms in total. The number of aliphatic hydroxyl groups is 1. The lowest BCUT2D eigenvalue weighted by molar-refractivity contribution is -0.152. The molecule has 0 heterocycles. The molecule has 0 bridgehead atoms. The predicted molar refractivity (Wildman–Crippen MR) is 62.5 cm³/mol. The largest absolute Gasteiger partial charge is 0.462 e. The smallest absolute Gasteiger partial charge is 0.308 e. The molecule has 1 fully saturated rings. The summed E-state index contributed by atoms with van der Waals surface area (Å²) < 4.78 is 5.84. The maximum atomic E-state index is 11.3. The first-order chi connectivity index (χ1) is 6.72. The van der Waals surface area contributed by atoms with E-state index in [4.69, 9.17) is 4.74 Å². The molecule has 14 heavy (non-hydrogen) atoms. The first kappa shape index (κ1) is 12.2. The third-order valence-corrected chi connectivity index (χ3v) is 3.45. The number of carbonyl (C=O) groups excluding carboxylic acids is 1. The van der Waals surface area contributed by atoms with Gasteiger partial charge in [-0.1, -0.05) is 29.0 Å². The number of alkyl halides is 1. The molecule has 1 saturated carbocycles. The van der Waals surface area contributed by atoms with Crippen LogP contribution in [0.5, 0.6) is 0 Å². The second kappa shape index (κ2) is 6.61. The Morgan fingerprint density at radius 2 is 2.07 bits per heavy atom. The third kappa shape index (κ3) is 4.59. The zero-order chi connectivity index (χ0) is 10.4. The highest BCUT2D eigenvalue weighted by Crippen LogP contribution is 2.20. The van der Waals surface area contributed by atoms with Gasteiger partial charge in [-0.15, -0.1) is 0 Å². The van der Waals surface area contributed by atoms with Crippen molar-refractivity contribution in [1.82, 2.24) is 0 Å². The van der Waals surface area contributed by atoms with Crippen LogP contribution in [0.3, 0.4) is 0 Å². The average molecular weight is 312 g/mol. The number of hydrogen-bond acceptors (Lipinski definition) is 3. The minimum atomic E-state index is -0.549. The van der Waals surface area contributed by atoms with Gasteiger partial charge in [0.15, 0.2) is 0 Å². The van der Waals surface area contributed by atoms with E-state index >= 15 is 0 Å². The Morgan fingerprint density at radius 3 is 2.64 bits per heavy atom. The number of rotatable bonds is 4. The van der Waals surface area contributed by atoms with Crippen molar-refractivity contribution in [3.63, 3.8) is 0 Å². The average Bonchev–Trinajstić information content (AvgIpc) is 2.19. The monoisotopic (exact) mass is 312 g/mol. The summed E-state index contributed by atoms with van der Waals surface area (Å²) in [5, 5.41) is 9.25. The summed E-state index contributed by atoms with van der Waals surface area (Å²) in [7, 11) is 0. The maximum Gasteiger partial charge on any atom is 0.308 e. The Labute approximate surface area is 98.3 Å². The van der Waals surface area contributed by atoms with Gasteiger partial charge in [0.25, 0.3) is 0 Å². The normalized spacial score (nSPS) is 20.4. The van der Waals surface area contributed by atoms with Gasteiger partial charge >= 0.3 is 5.97 Å². The van der Waals surface area contributed by atoms with Gasteiger partial charge in [0, 0.05) is 4.43 Å². The van der Waals surface area contributed by atoms with Crippen molar-refractivity contribution < 1.29 is 14.6 Å². The van der Waals surface area contributed by atoms with E-state index in [1.54, 1.807) is 0 Å². The molecular formula is C10H17IO3. The molecule has 82 valence electrons. The lowest BCUT2D eigenvalue weighted by atomic mass is 9.98. The van der Waals surface area contributed by atoms with Crippen LogP contribution >= 0.6 is 22.6 Å². The number of esters is 1. The molecule has 1 atom stereocenters. The fourth-order valence-corrected chi connectivity index (χ4v) is 1.98. The second-order valence-electron chi connectivity index (χ2n) is 3.76. The topological polar surface area (TPSA) is 46.5 Å². The van der Waals surface area contributed by atoms with E-state index < -0.39 is 6.10 Å². The Kier molecular flexibility index (Phi) is 5.77. The summed E-state index contributed by atoms with van der Waals surface area (Å²) in [6, 6.07) is 0. The zero-order valence-corrected chi connectivity index (χ0v) is 10.4. The molecule has 0 saturated heterocycles. The lowest BCUT2D eigenvalue weighted by Crippen LogP contribution is -2.24. The molecule has 0 aromatic heterocycles. The Bertz CT molecular complexity index is 178. The van der Waals surface area contributed by atoms with Gasteiger partial charge in [0.2, 0.25) is 0 Å².